The summed E-state index contributed by atoms with van der Waals surface area (Å²) in [5, 5.41) is 10.6. The average Bonchev–Trinajstić information content (AvgIpc) is 2.83. The minimum Gasteiger partial charge on any atom is -0.352 e. The predicted molar refractivity (Wildman–Crippen MR) is 70.1 cm³/mol. The molecule has 0 bridgehead atoms. The summed E-state index contributed by atoms with van der Waals surface area (Å²) in [5.74, 6) is 0.665. The highest BCUT2D eigenvalue weighted by Gasteiger charge is 2.29. The van der Waals surface area contributed by atoms with Crippen molar-refractivity contribution in [3.8, 4) is 0 Å². The van der Waals surface area contributed by atoms with E-state index in [-0.39, 0.29) is 11.8 Å². The molecule has 18 heavy (non-hydrogen) atoms. The van der Waals surface area contributed by atoms with E-state index in [1.54, 1.807) is 0 Å². The molecule has 0 aromatic carbocycles. The summed E-state index contributed by atoms with van der Waals surface area (Å²) in [5.41, 5.74) is 3.24. The maximum Gasteiger partial charge on any atom is 0.224 e. The Morgan fingerprint density at radius 3 is 2.72 bits per heavy atom. The summed E-state index contributed by atoms with van der Waals surface area (Å²) < 4.78 is 1.86. The van der Waals surface area contributed by atoms with Gasteiger partial charge in [0, 0.05) is 31.4 Å². The molecular weight excluding hydrogens is 228 g/mol. The summed E-state index contributed by atoms with van der Waals surface area (Å²) >= 11 is 0. The topological polar surface area (TPSA) is 59.0 Å². The summed E-state index contributed by atoms with van der Waals surface area (Å²) in [6, 6.07) is 0. The van der Waals surface area contributed by atoms with Gasteiger partial charge in [-0.1, -0.05) is 6.92 Å². The van der Waals surface area contributed by atoms with Gasteiger partial charge in [-0.2, -0.15) is 5.10 Å². The zero-order valence-corrected chi connectivity index (χ0v) is 11.6. The number of carbonyl (C=O) groups is 1. The highest BCUT2D eigenvalue weighted by Crippen LogP contribution is 2.17. The summed E-state index contributed by atoms with van der Waals surface area (Å²) in [7, 11) is 1.93. The van der Waals surface area contributed by atoms with Crippen molar-refractivity contribution in [2.75, 3.05) is 13.1 Å². The molecule has 0 aliphatic carbocycles. The lowest BCUT2D eigenvalue weighted by atomic mass is 9.97. The van der Waals surface area contributed by atoms with Crippen LogP contribution in [0.2, 0.25) is 0 Å². The van der Waals surface area contributed by atoms with Gasteiger partial charge in [-0.3, -0.25) is 9.48 Å². The van der Waals surface area contributed by atoms with E-state index >= 15 is 0 Å². The molecule has 5 heteroatoms. The largest absolute Gasteiger partial charge is 0.352 e. The molecule has 1 saturated heterocycles. The van der Waals surface area contributed by atoms with Crippen LogP contribution in [0.4, 0.5) is 0 Å². The van der Waals surface area contributed by atoms with Crippen molar-refractivity contribution >= 4 is 5.91 Å². The lowest BCUT2D eigenvalue weighted by Gasteiger charge is -2.14. The van der Waals surface area contributed by atoms with Crippen LogP contribution in [0.5, 0.6) is 0 Å². The third kappa shape index (κ3) is 2.41. The van der Waals surface area contributed by atoms with Crippen LogP contribution in [0.25, 0.3) is 0 Å². The van der Waals surface area contributed by atoms with Crippen LogP contribution in [0.3, 0.4) is 0 Å². The van der Waals surface area contributed by atoms with E-state index in [9.17, 15) is 4.79 Å². The molecule has 0 unspecified atom stereocenters. The van der Waals surface area contributed by atoms with E-state index in [0.717, 1.165) is 30.0 Å². The third-order valence-corrected chi connectivity index (χ3v) is 3.95. The molecule has 1 aromatic rings. The molecule has 1 aliphatic rings. The van der Waals surface area contributed by atoms with Gasteiger partial charge in [-0.25, -0.2) is 0 Å². The van der Waals surface area contributed by atoms with Gasteiger partial charge in [0.2, 0.25) is 5.91 Å². The van der Waals surface area contributed by atoms with E-state index < -0.39 is 0 Å². The number of nitrogens with one attached hydrogen (secondary N) is 2. The fourth-order valence-electron chi connectivity index (χ4n) is 2.54. The van der Waals surface area contributed by atoms with E-state index in [4.69, 9.17) is 0 Å². The number of nitrogens with zero attached hydrogens (tertiary/aromatic N) is 2. The standard InChI is InChI=1S/C13H22N4O/c1-8-5-14-6-11(8)13(18)15-7-12-9(2)16-17(4)10(12)3/h8,11,14H,5-7H2,1-4H3,(H,15,18)/t8-,11-/m1/s1. The third-order valence-electron chi connectivity index (χ3n) is 3.95. The lowest BCUT2D eigenvalue weighted by Crippen LogP contribution is -2.34. The number of aromatic nitrogens is 2. The van der Waals surface area contributed by atoms with Gasteiger partial charge in [-0.15, -0.1) is 0 Å². The Morgan fingerprint density at radius 2 is 2.22 bits per heavy atom. The molecule has 1 aliphatic heterocycles. The molecule has 2 atom stereocenters. The number of aryl methyl sites for hydroxylation is 2. The highest BCUT2D eigenvalue weighted by atomic mass is 16.1. The lowest BCUT2D eigenvalue weighted by molar-refractivity contribution is -0.125. The van der Waals surface area contributed by atoms with Gasteiger partial charge in [0.1, 0.15) is 0 Å². The van der Waals surface area contributed by atoms with E-state index in [1.165, 1.54) is 0 Å². The van der Waals surface area contributed by atoms with Crippen molar-refractivity contribution in [3.05, 3.63) is 17.0 Å². The number of hydrogen-bond donors (Lipinski definition) is 2. The van der Waals surface area contributed by atoms with Crippen molar-refractivity contribution < 1.29 is 4.79 Å². The highest BCUT2D eigenvalue weighted by molar-refractivity contribution is 5.79. The maximum atomic E-state index is 12.1. The normalized spacial score (nSPS) is 23.3. The molecule has 100 valence electrons. The molecule has 0 saturated carbocycles. The molecule has 5 nitrogen and oxygen atoms in total. The Balaban J connectivity index is 1.97. The van der Waals surface area contributed by atoms with Gasteiger partial charge in [0.15, 0.2) is 0 Å². The van der Waals surface area contributed by atoms with E-state index in [0.29, 0.717) is 12.5 Å². The van der Waals surface area contributed by atoms with Gasteiger partial charge >= 0.3 is 0 Å². The molecule has 2 heterocycles. The second kappa shape index (κ2) is 5.10. The van der Waals surface area contributed by atoms with Crippen LogP contribution in [0.1, 0.15) is 23.9 Å². The van der Waals surface area contributed by atoms with Crippen molar-refractivity contribution in [2.24, 2.45) is 18.9 Å². The van der Waals surface area contributed by atoms with Crippen LogP contribution in [-0.4, -0.2) is 28.8 Å². The minimum atomic E-state index is 0.0993. The quantitative estimate of drug-likeness (QED) is 0.821. The van der Waals surface area contributed by atoms with Gasteiger partial charge in [0.25, 0.3) is 0 Å². The first-order chi connectivity index (χ1) is 8.50. The van der Waals surface area contributed by atoms with Crippen LogP contribution in [0.15, 0.2) is 0 Å². The zero-order chi connectivity index (χ0) is 13.3. The smallest absolute Gasteiger partial charge is 0.224 e. The van der Waals surface area contributed by atoms with Crippen molar-refractivity contribution in [1.82, 2.24) is 20.4 Å². The van der Waals surface area contributed by atoms with Gasteiger partial charge in [-0.05, 0) is 26.3 Å². The fourth-order valence-corrected chi connectivity index (χ4v) is 2.54. The molecule has 0 radical (unpaired) electrons. The Labute approximate surface area is 108 Å². The minimum absolute atomic E-state index is 0.0993. The molecule has 1 fully saturated rings. The Hall–Kier alpha value is -1.36. The Morgan fingerprint density at radius 1 is 1.50 bits per heavy atom. The first-order valence-corrected chi connectivity index (χ1v) is 6.48. The predicted octanol–water partition coefficient (Wildman–Crippen LogP) is 0.509. The monoisotopic (exact) mass is 250 g/mol. The van der Waals surface area contributed by atoms with E-state index in [1.807, 2.05) is 25.6 Å². The number of rotatable bonds is 3. The molecule has 0 spiro atoms. The maximum absolute atomic E-state index is 12.1. The van der Waals surface area contributed by atoms with Crippen LogP contribution >= 0.6 is 0 Å². The number of carbonyl (C=O) groups excluding carboxylic acids is 1. The number of amides is 1. The van der Waals surface area contributed by atoms with Crippen molar-refractivity contribution in [1.29, 1.82) is 0 Å². The van der Waals surface area contributed by atoms with Crippen molar-refractivity contribution in [2.45, 2.75) is 27.3 Å². The summed E-state index contributed by atoms with van der Waals surface area (Å²) in [6.07, 6.45) is 0. The average molecular weight is 250 g/mol. The Kier molecular flexibility index (Phi) is 3.71. The SMILES string of the molecule is Cc1nn(C)c(C)c1CNC(=O)[C@@H]1CNC[C@H]1C. The Bertz CT molecular complexity index is 452. The van der Waals surface area contributed by atoms with Crippen LogP contribution in [-0.2, 0) is 18.4 Å². The fraction of sp³-hybridized carbons (Fsp3) is 0.692. The summed E-state index contributed by atoms with van der Waals surface area (Å²) in [4.78, 5) is 12.1. The molecule has 2 rings (SSSR count). The molecule has 1 aromatic heterocycles. The second-order valence-electron chi connectivity index (χ2n) is 5.23. The number of hydrogen-bond acceptors (Lipinski definition) is 3. The van der Waals surface area contributed by atoms with Gasteiger partial charge < -0.3 is 10.6 Å². The molecular formula is C13H22N4O. The van der Waals surface area contributed by atoms with Crippen LogP contribution in [0, 0.1) is 25.7 Å². The second-order valence-corrected chi connectivity index (χ2v) is 5.23. The first kappa shape index (κ1) is 13.1. The summed E-state index contributed by atoms with van der Waals surface area (Å²) in [6.45, 7) is 8.43. The molecule has 2 N–H and O–H groups in total. The zero-order valence-electron chi connectivity index (χ0n) is 11.6. The van der Waals surface area contributed by atoms with Crippen molar-refractivity contribution in [3.63, 3.8) is 0 Å². The van der Waals surface area contributed by atoms with Gasteiger partial charge in [0.05, 0.1) is 11.6 Å². The molecule has 1 amide bonds. The van der Waals surface area contributed by atoms with E-state index in [2.05, 4.69) is 22.7 Å². The first-order valence-electron chi connectivity index (χ1n) is 6.48. The van der Waals surface area contributed by atoms with Crippen LogP contribution < -0.4 is 10.6 Å².